The van der Waals surface area contributed by atoms with Crippen LogP contribution >= 0.6 is 11.3 Å². The molecule has 24 heavy (non-hydrogen) atoms. The van der Waals surface area contributed by atoms with Crippen LogP contribution in [-0.4, -0.2) is 11.0 Å². The molecule has 2 aromatic carbocycles. The molecule has 0 radical (unpaired) electrons. The minimum Gasteiger partial charge on any atom is -0.545 e. The van der Waals surface area contributed by atoms with E-state index >= 15 is 0 Å². The van der Waals surface area contributed by atoms with Gasteiger partial charge in [-0.05, 0) is 44.0 Å². The number of rotatable bonds is 4. The molecule has 0 spiro atoms. The number of carbonyl (C=O) groups excluding carboxylic acids is 1. The second-order valence-corrected chi connectivity index (χ2v) is 6.94. The SMILES string of the molecule is Cc1ccc(-c2nc(Nc3ccc(C(=O)[O-])cc3)sc2C)c(C)c1. The quantitative estimate of drug-likeness (QED) is 0.785. The highest BCUT2D eigenvalue weighted by atomic mass is 32.1. The normalized spacial score (nSPS) is 10.6. The summed E-state index contributed by atoms with van der Waals surface area (Å²) in [4.78, 5) is 16.6. The number of aromatic nitrogens is 1. The van der Waals surface area contributed by atoms with E-state index in [9.17, 15) is 9.90 Å². The van der Waals surface area contributed by atoms with Gasteiger partial charge in [-0.15, -0.1) is 11.3 Å². The van der Waals surface area contributed by atoms with Crippen molar-refractivity contribution in [3.8, 4) is 11.3 Å². The van der Waals surface area contributed by atoms with E-state index < -0.39 is 5.97 Å². The Morgan fingerprint density at radius 2 is 1.79 bits per heavy atom. The first-order valence-electron chi connectivity index (χ1n) is 7.57. The molecule has 3 rings (SSSR count). The Balaban J connectivity index is 1.87. The topological polar surface area (TPSA) is 65.0 Å². The molecule has 0 aliphatic carbocycles. The average molecular weight is 337 g/mol. The fraction of sp³-hybridized carbons (Fsp3) is 0.158. The van der Waals surface area contributed by atoms with Crippen LogP contribution in [0.2, 0.25) is 0 Å². The van der Waals surface area contributed by atoms with Crippen molar-refractivity contribution >= 4 is 28.1 Å². The maximum atomic E-state index is 10.8. The van der Waals surface area contributed by atoms with Gasteiger partial charge in [0.1, 0.15) is 0 Å². The summed E-state index contributed by atoms with van der Waals surface area (Å²) >= 11 is 1.58. The highest BCUT2D eigenvalue weighted by Gasteiger charge is 2.12. The molecule has 0 atom stereocenters. The number of aryl methyl sites for hydroxylation is 3. The molecule has 4 nitrogen and oxygen atoms in total. The number of hydrogen-bond acceptors (Lipinski definition) is 5. The van der Waals surface area contributed by atoms with Gasteiger partial charge in [0.15, 0.2) is 5.13 Å². The highest BCUT2D eigenvalue weighted by molar-refractivity contribution is 7.16. The molecule has 3 aromatic rings. The molecule has 0 aliphatic rings. The van der Waals surface area contributed by atoms with Gasteiger partial charge < -0.3 is 15.2 Å². The van der Waals surface area contributed by atoms with E-state index in [1.54, 1.807) is 23.5 Å². The Kier molecular flexibility index (Phi) is 4.36. The van der Waals surface area contributed by atoms with Crippen molar-refractivity contribution in [1.82, 2.24) is 4.98 Å². The summed E-state index contributed by atoms with van der Waals surface area (Å²) in [6.07, 6.45) is 0. The molecule has 1 aromatic heterocycles. The first kappa shape index (κ1) is 16.2. The van der Waals surface area contributed by atoms with Gasteiger partial charge in [0.2, 0.25) is 0 Å². The number of aromatic carboxylic acids is 1. The van der Waals surface area contributed by atoms with Gasteiger partial charge in [0.05, 0.1) is 11.7 Å². The lowest BCUT2D eigenvalue weighted by Crippen LogP contribution is -2.21. The van der Waals surface area contributed by atoms with Gasteiger partial charge in [-0.3, -0.25) is 0 Å². The van der Waals surface area contributed by atoms with Gasteiger partial charge in [0, 0.05) is 16.1 Å². The number of carbonyl (C=O) groups is 1. The minimum absolute atomic E-state index is 0.159. The third-order valence-electron chi connectivity index (χ3n) is 3.81. The standard InChI is InChI=1S/C19H18N2O2S/c1-11-4-9-16(12(2)10-11)17-13(3)24-19(21-17)20-15-7-5-14(6-8-15)18(22)23/h4-10H,1-3H3,(H,20,21)(H,22,23)/p-1. The van der Waals surface area contributed by atoms with E-state index in [-0.39, 0.29) is 5.56 Å². The summed E-state index contributed by atoms with van der Waals surface area (Å²) in [6, 6.07) is 12.8. The van der Waals surface area contributed by atoms with Crippen molar-refractivity contribution in [3.63, 3.8) is 0 Å². The van der Waals surface area contributed by atoms with Crippen molar-refractivity contribution in [1.29, 1.82) is 0 Å². The van der Waals surface area contributed by atoms with Crippen LogP contribution in [0, 0.1) is 20.8 Å². The molecule has 122 valence electrons. The number of hydrogen-bond donors (Lipinski definition) is 1. The number of benzene rings is 2. The van der Waals surface area contributed by atoms with E-state index in [4.69, 9.17) is 4.98 Å². The Hall–Kier alpha value is -2.66. The number of thiazole rings is 1. The number of carboxylic acids is 1. The largest absolute Gasteiger partial charge is 0.545 e. The maximum absolute atomic E-state index is 10.8. The number of anilines is 2. The Labute approximate surface area is 144 Å². The summed E-state index contributed by atoms with van der Waals surface area (Å²) in [5.41, 5.74) is 5.50. The van der Waals surface area contributed by atoms with E-state index in [1.165, 1.54) is 23.3 Å². The molecular weight excluding hydrogens is 320 g/mol. The van der Waals surface area contributed by atoms with Gasteiger partial charge >= 0.3 is 0 Å². The smallest absolute Gasteiger partial charge is 0.187 e. The van der Waals surface area contributed by atoms with Gasteiger partial charge in [0.25, 0.3) is 0 Å². The minimum atomic E-state index is -1.18. The van der Waals surface area contributed by atoms with Crippen molar-refractivity contribution < 1.29 is 9.90 Å². The summed E-state index contributed by atoms with van der Waals surface area (Å²) < 4.78 is 0. The zero-order valence-electron chi connectivity index (χ0n) is 13.7. The van der Waals surface area contributed by atoms with Crippen LogP contribution in [0.3, 0.4) is 0 Å². The molecular formula is C19H17N2O2S-. The van der Waals surface area contributed by atoms with E-state index in [1.807, 2.05) is 0 Å². The Bertz CT molecular complexity index is 898. The van der Waals surface area contributed by atoms with Crippen LogP contribution in [-0.2, 0) is 0 Å². The van der Waals surface area contributed by atoms with E-state index in [0.717, 1.165) is 27.0 Å². The zero-order valence-corrected chi connectivity index (χ0v) is 14.5. The van der Waals surface area contributed by atoms with Crippen LogP contribution in [0.1, 0.15) is 26.4 Å². The predicted octanol–water partition coefficient (Wildman–Crippen LogP) is 3.84. The monoisotopic (exact) mass is 337 g/mol. The molecule has 5 heteroatoms. The number of nitrogens with zero attached hydrogens (tertiary/aromatic N) is 1. The van der Waals surface area contributed by atoms with Gasteiger partial charge in [-0.1, -0.05) is 35.9 Å². The van der Waals surface area contributed by atoms with Crippen molar-refractivity contribution in [2.24, 2.45) is 0 Å². The maximum Gasteiger partial charge on any atom is 0.187 e. The first-order valence-corrected chi connectivity index (χ1v) is 8.39. The van der Waals surface area contributed by atoms with Gasteiger partial charge in [-0.2, -0.15) is 0 Å². The number of carboxylic acid groups (broad SMARTS) is 1. The second-order valence-electron chi connectivity index (χ2n) is 5.73. The van der Waals surface area contributed by atoms with Crippen LogP contribution < -0.4 is 10.4 Å². The van der Waals surface area contributed by atoms with Crippen molar-refractivity contribution in [2.75, 3.05) is 5.32 Å². The van der Waals surface area contributed by atoms with Crippen LogP contribution in [0.25, 0.3) is 11.3 Å². The second kappa shape index (κ2) is 6.45. The molecule has 0 aliphatic heterocycles. The summed E-state index contributed by atoms with van der Waals surface area (Å²) in [5, 5.41) is 14.8. The third-order valence-corrected chi connectivity index (χ3v) is 4.69. The van der Waals surface area contributed by atoms with Crippen LogP contribution in [0.5, 0.6) is 0 Å². The first-order chi connectivity index (χ1) is 11.4. The molecule has 1 heterocycles. The fourth-order valence-corrected chi connectivity index (χ4v) is 3.44. The summed E-state index contributed by atoms with van der Waals surface area (Å²) in [5.74, 6) is -1.18. The predicted molar refractivity (Wildman–Crippen MR) is 95.8 cm³/mol. The Morgan fingerprint density at radius 3 is 2.42 bits per heavy atom. The molecule has 0 unspecified atom stereocenters. The van der Waals surface area contributed by atoms with E-state index in [0.29, 0.717) is 0 Å². The van der Waals surface area contributed by atoms with E-state index in [2.05, 4.69) is 44.3 Å². The highest BCUT2D eigenvalue weighted by Crippen LogP contribution is 2.33. The molecule has 0 fully saturated rings. The molecule has 0 amide bonds. The molecule has 0 saturated heterocycles. The third kappa shape index (κ3) is 3.31. The molecule has 0 bridgehead atoms. The van der Waals surface area contributed by atoms with Crippen LogP contribution in [0.15, 0.2) is 42.5 Å². The van der Waals surface area contributed by atoms with Crippen molar-refractivity contribution in [3.05, 3.63) is 64.0 Å². The summed E-state index contributed by atoms with van der Waals surface area (Å²) in [7, 11) is 0. The number of nitrogens with one attached hydrogen (secondary N) is 1. The fourth-order valence-electron chi connectivity index (χ4n) is 2.59. The lowest BCUT2D eigenvalue weighted by Gasteiger charge is -2.06. The average Bonchev–Trinajstić information content (AvgIpc) is 2.88. The Morgan fingerprint density at radius 1 is 1.08 bits per heavy atom. The molecule has 0 saturated carbocycles. The molecule has 1 N–H and O–H groups in total. The van der Waals surface area contributed by atoms with Crippen LogP contribution in [0.4, 0.5) is 10.8 Å². The zero-order chi connectivity index (χ0) is 17.3. The summed E-state index contributed by atoms with van der Waals surface area (Å²) in [6.45, 7) is 6.22. The lowest BCUT2D eigenvalue weighted by atomic mass is 10.0. The lowest BCUT2D eigenvalue weighted by molar-refractivity contribution is -0.255. The van der Waals surface area contributed by atoms with Gasteiger partial charge in [-0.25, -0.2) is 4.98 Å². The van der Waals surface area contributed by atoms with Crippen molar-refractivity contribution in [2.45, 2.75) is 20.8 Å².